The SMILES string of the molecule is CC(C)[Si](OC(CN)[C@@H]1COC(C)(C)N1C(=O)OC(C)(C)C)(C(C)C)C(C)C. The normalized spacial score (nSPS) is 21.7. The van der Waals surface area contributed by atoms with Gasteiger partial charge in [0.05, 0.1) is 18.8 Å². The van der Waals surface area contributed by atoms with E-state index in [0.29, 0.717) is 29.8 Å². The van der Waals surface area contributed by atoms with Crippen LogP contribution in [0, 0.1) is 0 Å². The molecular weight excluding hydrogens is 372 g/mol. The average Bonchev–Trinajstić information content (AvgIpc) is 2.81. The van der Waals surface area contributed by atoms with Crippen LogP contribution in [0.2, 0.25) is 16.6 Å². The zero-order chi connectivity index (χ0) is 22.1. The van der Waals surface area contributed by atoms with Crippen LogP contribution in [-0.2, 0) is 13.9 Å². The van der Waals surface area contributed by atoms with Crippen molar-refractivity contribution in [2.45, 2.75) is 116 Å². The van der Waals surface area contributed by atoms with Crippen LogP contribution in [0.5, 0.6) is 0 Å². The van der Waals surface area contributed by atoms with E-state index in [1.807, 2.05) is 34.6 Å². The lowest BCUT2D eigenvalue weighted by Crippen LogP contribution is -2.59. The van der Waals surface area contributed by atoms with Crippen molar-refractivity contribution in [1.29, 1.82) is 0 Å². The van der Waals surface area contributed by atoms with Gasteiger partial charge < -0.3 is 19.6 Å². The van der Waals surface area contributed by atoms with Gasteiger partial charge in [-0.3, -0.25) is 4.90 Å². The molecule has 1 rings (SSSR count). The summed E-state index contributed by atoms with van der Waals surface area (Å²) >= 11 is 0. The first-order valence-electron chi connectivity index (χ1n) is 10.6. The third kappa shape index (κ3) is 5.29. The van der Waals surface area contributed by atoms with Crippen LogP contribution >= 0.6 is 0 Å². The Balaban J connectivity index is 3.26. The molecule has 0 spiro atoms. The summed E-state index contributed by atoms with van der Waals surface area (Å²) in [6.45, 7) is 23.6. The van der Waals surface area contributed by atoms with E-state index in [1.54, 1.807) is 4.90 Å². The number of hydrogen-bond acceptors (Lipinski definition) is 5. The number of nitrogens with two attached hydrogens (primary N) is 1. The summed E-state index contributed by atoms with van der Waals surface area (Å²) in [7, 11) is -2.15. The Kier molecular flexibility index (Phi) is 8.18. The first-order chi connectivity index (χ1) is 12.6. The summed E-state index contributed by atoms with van der Waals surface area (Å²) in [4.78, 5) is 14.7. The fourth-order valence-corrected chi connectivity index (χ4v) is 10.3. The number of carbonyl (C=O) groups is 1. The van der Waals surface area contributed by atoms with Crippen LogP contribution in [0.3, 0.4) is 0 Å². The van der Waals surface area contributed by atoms with E-state index in [-0.39, 0.29) is 18.2 Å². The van der Waals surface area contributed by atoms with Gasteiger partial charge in [-0.2, -0.15) is 0 Å². The van der Waals surface area contributed by atoms with Crippen molar-refractivity contribution in [3.63, 3.8) is 0 Å². The van der Waals surface area contributed by atoms with Gasteiger partial charge >= 0.3 is 6.09 Å². The molecule has 6 nitrogen and oxygen atoms in total. The lowest BCUT2D eigenvalue weighted by atomic mass is 10.1. The maximum atomic E-state index is 13.0. The molecule has 1 fully saturated rings. The minimum absolute atomic E-state index is 0.266. The van der Waals surface area contributed by atoms with Gasteiger partial charge in [-0.25, -0.2) is 4.79 Å². The molecule has 7 heteroatoms. The highest BCUT2D eigenvalue weighted by Crippen LogP contribution is 2.44. The van der Waals surface area contributed by atoms with E-state index in [1.165, 1.54) is 0 Å². The smallest absolute Gasteiger partial charge is 0.412 e. The number of ether oxygens (including phenoxy) is 2. The highest BCUT2D eigenvalue weighted by Gasteiger charge is 2.53. The molecule has 0 aromatic rings. The van der Waals surface area contributed by atoms with Crippen LogP contribution in [0.25, 0.3) is 0 Å². The Morgan fingerprint density at radius 3 is 1.96 bits per heavy atom. The number of nitrogens with zero attached hydrogens (tertiary/aromatic N) is 1. The molecule has 1 aliphatic rings. The number of rotatable bonds is 7. The number of amides is 1. The van der Waals surface area contributed by atoms with Crippen molar-refractivity contribution in [3.8, 4) is 0 Å². The summed E-state index contributed by atoms with van der Waals surface area (Å²) < 4.78 is 18.6. The predicted molar refractivity (Wildman–Crippen MR) is 117 cm³/mol. The molecule has 166 valence electrons. The van der Waals surface area contributed by atoms with Crippen LogP contribution in [-0.4, -0.2) is 55.9 Å². The molecule has 1 unspecified atom stereocenters. The molecule has 0 saturated carbocycles. The molecule has 0 aliphatic carbocycles. The zero-order valence-corrected chi connectivity index (χ0v) is 21.0. The van der Waals surface area contributed by atoms with E-state index < -0.39 is 19.6 Å². The minimum atomic E-state index is -2.15. The average molecular weight is 417 g/mol. The van der Waals surface area contributed by atoms with Crippen molar-refractivity contribution in [2.24, 2.45) is 5.73 Å². The largest absolute Gasteiger partial charge is 0.444 e. The molecule has 1 amide bonds. The van der Waals surface area contributed by atoms with Crippen LogP contribution in [0.15, 0.2) is 0 Å². The van der Waals surface area contributed by atoms with Crippen molar-refractivity contribution in [3.05, 3.63) is 0 Å². The van der Waals surface area contributed by atoms with Gasteiger partial charge in [0, 0.05) is 6.54 Å². The second-order valence-corrected chi connectivity index (χ2v) is 15.8. The molecule has 0 radical (unpaired) electrons. The third-order valence-electron chi connectivity index (χ3n) is 5.83. The molecule has 2 atom stereocenters. The summed E-state index contributed by atoms with van der Waals surface area (Å²) in [5.41, 5.74) is 6.17. The second-order valence-electron chi connectivity index (χ2n) is 10.4. The molecule has 1 heterocycles. The quantitative estimate of drug-likeness (QED) is 0.599. The summed E-state index contributed by atoms with van der Waals surface area (Å²) in [5.74, 6) is 0. The molecule has 0 bridgehead atoms. The Morgan fingerprint density at radius 2 is 1.61 bits per heavy atom. The van der Waals surface area contributed by atoms with E-state index in [2.05, 4.69) is 41.5 Å². The highest BCUT2D eigenvalue weighted by molar-refractivity contribution is 6.77. The van der Waals surface area contributed by atoms with Crippen molar-refractivity contribution in [1.82, 2.24) is 4.90 Å². The van der Waals surface area contributed by atoms with Crippen molar-refractivity contribution < 1.29 is 18.7 Å². The highest BCUT2D eigenvalue weighted by atomic mass is 28.4. The van der Waals surface area contributed by atoms with Gasteiger partial charge in [0.2, 0.25) is 8.32 Å². The van der Waals surface area contributed by atoms with E-state index in [4.69, 9.17) is 19.6 Å². The first-order valence-corrected chi connectivity index (χ1v) is 12.8. The van der Waals surface area contributed by atoms with Gasteiger partial charge in [0.1, 0.15) is 11.3 Å². The van der Waals surface area contributed by atoms with Gasteiger partial charge in [-0.05, 0) is 51.2 Å². The standard InChI is InChI=1S/C21H44N2O4Si/c1-14(2)28(15(3)4,16(5)6)27-18(12-22)17-13-25-21(10,11)23(17)19(24)26-20(7,8)9/h14-18H,12-13,22H2,1-11H3/t17-,18?/m0/s1. The number of hydrogen-bond donors (Lipinski definition) is 1. The Morgan fingerprint density at radius 1 is 1.14 bits per heavy atom. The third-order valence-corrected chi connectivity index (χ3v) is 12.0. The topological polar surface area (TPSA) is 74.0 Å². The summed E-state index contributed by atoms with van der Waals surface area (Å²) in [6, 6.07) is -0.266. The van der Waals surface area contributed by atoms with Gasteiger partial charge in [-0.1, -0.05) is 41.5 Å². The van der Waals surface area contributed by atoms with E-state index in [0.717, 1.165) is 0 Å². The Hall–Kier alpha value is -0.633. The monoisotopic (exact) mass is 416 g/mol. The van der Waals surface area contributed by atoms with Crippen molar-refractivity contribution >= 4 is 14.4 Å². The molecule has 0 aromatic heterocycles. The number of carbonyl (C=O) groups excluding carboxylic acids is 1. The van der Waals surface area contributed by atoms with E-state index in [9.17, 15) is 4.79 Å². The molecule has 28 heavy (non-hydrogen) atoms. The van der Waals surface area contributed by atoms with Crippen LogP contribution < -0.4 is 5.73 Å². The van der Waals surface area contributed by atoms with E-state index >= 15 is 0 Å². The summed E-state index contributed by atoms with van der Waals surface area (Å²) in [5, 5.41) is 0. The molecule has 0 aromatic carbocycles. The van der Waals surface area contributed by atoms with Gasteiger partial charge in [-0.15, -0.1) is 0 Å². The Labute approximate surface area is 173 Å². The molecule has 2 N–H and O–H groups in total. The predicted octanol–water partition coefficient (Wildman–Crippen LogP) is 4.88. The fraction of sp³-hybridized carbons (Fsp3) is 0.952. The second kappa shape index (κ2) is 9.02. The Bertz CT molecular complexity index is 507. The molecule has 1 aliphatic heterocycles. The van der Waals surface area contributed by atoms with Crippen LogP contribution in [0.1, 0.15) is 76.2 Å². The zero-order valence-electron chi connectivity index (χ0n) is 20.0. The minimum Gasteiger partial charge on any atom is -0.444 e. The maximum absolute atomic E-state index is 13.0. The maximum Gasteiger partial charge on any atom is 0.412 e. The van der Waals surface area contributed by atoms with Gasteiger partial charge in [0.15, 0.2) is 0 Å². The first kappa shape index (κ1) is 25.4. The van der Waals surface area contributed by atoms with Crippen LogP contribution in [0.4, 0.5) is 4.79 Å². The summed E-state index contributed by atoms with van der Waals surface area (Å²) in [6.07, 6.45) is -0.666. The molecule has 1 saturated heterocycles. The van der Waals surface area contributed by atoms with Gasteiger partial charge in [0.25, 0.3) is 0 Å². The molecular formula is C21H44N2O4Si. The lowest BCUT2D eigenvalue weighted by molar-refractivity contribution is -0.0669. The van der Waals surface area contributed by atoms with Crippen molar-refractivity contribution in [2.75, 3.05) is 13.2 Å². The lowest BCUT2D eigenvalue weighted by Gasteiger charge is -2.46. The fourth-order valence-electron chi connectivity index (χ4n) is 4.73.